The molecule has 0 bridgehead atoms. The van der Waals surface area contributed by atoms with E-state index in [0.29, 0.717) is 28.0 Å². The number of fused-ring (bicyclic) bond motifs is 1. The van der Waals surface area contributed by atoms with Crippen molar-refractivity contribution in [2.24, 2.45) is 12.0 Å². The number of thiophene rings is 1. The summed E-state index contributed by atoms with van der Waals surface area (Å²) in [5, 5.41) is 8.13. The number of hydrogen-bond acceptors (Lipinski definition) is 8. The Labute approximate surface area is 212 Å². The van der Waals surface area contributed by atoms with Crippen LogP contribution >= 0.6 is 23.1 Å². The molecule has 35 heavy (non-hydrogen) atoms. The van der Waals surface area contributed by atoms with Crippen LogP contribution in [-0.4, -0.2) is 57.0 Å². The molecular formula is C24H29N5O4S2. The van der Waals surface area contributed by atoms with Gasteiger partial charge in [0.2, 0.25) is 5.91 Å². The molecule has 3 heterocycles. The topological polar surface area (TPSA) is 106 Å². The van der Waals surface area contributed by atoms with E-state index < -0.39 is 5.97 Å². The molecule has 2 aliphatic rings. The van der Waals surface area contributed by atoms with Crippen LogP contribution in [-0.2, 0) is 34.2 Å². The van der Waals surface area contributed by atoms with Crippen molar-refractivity contribution in [2.45, 2.75) is 46.0 Å². The Morgan fingerprint density at radius 2 is 2.06 bits per heavy atom. The molecule has 4 rings (SSSR count). The number of aryl methyl sites for hydroxylation is 2. The van der Waals surface area contributed by atoms with E-state index in [-0.39, 0.29) is 17.6 Å². The van der Waals surface area contributed by atoms with Gasteiger partial charge in [-0.2, -0.15) is 5.10 Å². The Morgan fingerprint density at radius 3 is 2.74 bits per heavy atom. The molecule has 0 aromatic carbocycles. The Kier molecular flexibility index (Phi) is 7.75. The van der Waals surface area contributed by atoms with Gasteiger partial charge in [-0.1, -0.05) is 18.2 Å². The maximum absolute atomic E-state index is 12.9. The fourth-order valence-electron chi connectivity index (χ4n) is 4.17. The Balaban J connectivity index is 1.49. The summed E-state index contributed by atoms with van der Waals surface area (Å²) >= 11 is 2.66. The molecular weight excluding hydrogens is 486 g/mol. The third-order valence-corrected chi connectivity index (χ3v) is 8.37. The first-order valence-corrected chi connectivity index (χ1v) is 13.4. The SMILES string of the molecule is CCN1C(=O)C(=Cc2cnn(C)c2C)N=C1SCC(=O)Nc1sc2c(c1C(=O)OC)CCCCC2. The van der Waals surface area contributed by atoms with Crippen LogP contribution in [0.5, 0.6) is 0 Å². The van der Waals surface area contributed by atoms with Crippen molar-refractivity contribution in [2.75, 3.05) is 24.7 Å². The van der Waals surface area contributed by atoms with Gasteiger partial charge in [-0.05, 0) is 51.2 Å². The van der Waals surface area contributed by atoms with Gasteiger partial charge in [0, 0.05) is 29.7 Å². The number of carbonyl (C=O) groups is 3. The molecule has 0 atom stereocenters. The van der Waals surface area contributed by atoms with Crippen molar-refractivity contribution in [1.82, 2.24) is 14.7 Å². The molecule has 2 aromatic rings. The number of ether oxygens (including phenoxy) is 1. The van der Waals surface area contributed by atoms with Gasteiger partial charge in [-0.25, -0.2) is 9.79 Å². The minimum atomic E-state index is -0.421. The lowest BCUT2D eigenvalue weighted by Crippen LogP contribution is -2.31. The molecule has 1 aliphatic carbocycles. The number of likely N-dealkylation sites (N-methyl/N-ethyl adjacent to an activating group) is 1. The molecule has 186 valence electrons. The fraction of sp³-hybridized carbons (Fsp3) is 0.458. The molecule has 0 saturated carbocycles. The quantitative estimate of drug-likeness (QED) is 0.357. The average molecular weight is 516 g/mol. The van der Waals surface area contributed by atoms with E-state index in [4.69, 9.17) is 4.74 Å². The van der Waals surface area contributed by atoms with E-state index in [1.54, 1.807) is 21.9 Å². The van der Waals surface area contributed by atoms with Crippen LogP contribution in [0.2, 0.25) is 0 Å². The number of rotatable bonds is 6. The van der Waals surface area contributed by atoms with Gasteiger partial charge < -0.3 is 10.1 Å². The Bertz CT molecular complexity index is 1230. The second kappa shape index (κ2) is 10.8. The van der Waals surface area contributed by atoms with Crippen LogP contribution in [0.25, 0.3) is 6.08 Å². The predicted octanol–water partition coefficient (Wildman–Crippen LogP) is 3.78. The highest BCUT2D eigenvalue weighted by Crippen LogP contribution is 2.38. The molecule has 9 nitrogen and oxygen atoms in total. The number of amidine groups is 1. The molecule has 2 amide bonds. The van der Waals surface area contributed by atoms with Gasteiger partial charge >= 0.3 is 5.97 Å². The van der Waals surface area contributed by atoms with Crippen molar-refractivity contribution in [1.29, 1.82) is 0 Å². The number of methoxy groups -OCH3 is 1. The summed E-state index contributed by atoms with van der Waals surface area (Å²) in [6.07, 6.45) is 8.37. The van der Waals surface area contributed by atoms with Crippen molar-refractivity contribution in [3.8, 4) is 0 Å². The normalized spacial score (nSPS) is 16.8. The number of nitrogens with zero attached hydrogens (tertiary/aromatic N) is 4. The summed E-state index contributed by atoms with van der Waals surface area (Å²) in [6.45, 7) is 4.24. The summed E-state index contributed by atoms with van der Waals surface area (Å²) in [5.74, 6) is -0.821. The maximum atomic E-state index is 12.9. The Morgan fingerprint density at radius 1 is 1.29 bits per heavy atom. The number of carbonyl (C=O) groups excluding carboxylic acids is 3. The molecule has 0 fully saturated rings. The molecule has 1 aliphatic heterocycles. The minimum absolute atomic E-state index is 0.0605. The molecule has 11 heteroatoms. The first kappa shape index (κ1) is 25.2. The van der Waals surface area contributed by atoms with E-state index in [9.17, 15) is 14.4 Å². The first-order chi connectivity index (χ1) is 16.8. The largest absolute Gasteiger partial charge is 0.465 e. The van der Waals surface area contributed by atoms with Crippen molar-refractivity contribution in [3.63, 3.8) is 0 Å². The number of aliphatic imine (C=N–C) groups is 1. The summed E-state index contributed by atoms with van der Waals surface area (Å²) < 4.78 is 6.75. The second-order valence-electron chi connectivity index (χ2n) is 8.38. The van der Waals surface area contributed by atoms with E-state index in [1.807, 2.05) is 20.9 Å². The number of thioether (sulfide) groups is 1. The van der Waals surface area contributed by atoms with Crippen molar-refractivity contribution in [3.05, 3.63) is 39.2 Å². The van der Waals surface area contributed by atoms with Gasteiger partial charge in [-0.3, -0.25) is 19.2 Å². The lowest BCUT2D eigenvalue weighted by atomic mass is 10.1. The molecule has 0 unspecified atom stereocenters. The third kappa shape index (κ3) is 5.20. The zero-order chi connectivity index (χ0) is 25.1. The van der Waals surface area contributed by atoms with Crippen LogP contribution in [0.3, 0.4) is 0 Å². The zero-order valence-electron chi connectivity index (χ0n) is 20.3. The number of nitrogens with one attached hydrogen (secondary N) is 1. The van der Waals surface area contributed by atoms with Crippen molar-refractivity contribution < 1.29 is 19.1 Å². The van der Waals surface area contributed by atoms with Crippen LogP contribution in [0.1, 0.15) is 58.2 Å². The number of aromatic nitrogens is 2. The summed E-state index contributed by atoms with van der Waals surface area (Å²) in [7, 11) is 3.20. The summed E-state index contributed by atoms with van der Waals surface area (Å²) in [5.41, 5.74) is 3.56. The number of amides is 2. The van der Waals surface area contributed by atoms with Crippen LogP contribution in [0.15, 0.2) is 16.9 Å². The highest BCUT2D eigenvalue weighted by Gasteiger charge is 2.31. The van der Waals surface area contributed by atoms with Crippen LogP contribution in [0.4, 0.5) is 5.00 Å². The smallest absolute Gasteiger partial charge is 0.341 e. The third-order valence-electron chi connectivity index (χ3n) is 6.19. The lowest BCUT2D eigenvalue weighted by Gasteiger charge is -2.14. The van der Waals surface area contributed by atoms with Gasteiger partial charge in [-0.15, -0.1) is 11.3 Å². The number of hydrogen-bond donors (Lipinski definition) is 1. The van der Waals surface area contributed by atoms with Gasteiger partial charge in [0.05, 0.1) is 24.6 Å². The highest BCUT2D eigenvalue weighted by atomic mass is 32.2. The van der Waals surface area contributed by atoms with Crippen molar-refractivity contribution >= 4 is 57.1 Å². The molecule has 0 radical (unpaired) electrons. The van der Waals surface area contributed by atoms with Gasteiger partial charge in [0.1, 0.15) is 10.7 Å². The summed E-state index contributed by atoms with van der Waals surface area (Å²) in [4.78, 5) is 45.4. The average Bonchev–Trinajstić information content (AvgIpc) is 3.38. The minimum Gasteiger partial charge on any atom is -0.465 e. The van der Waals surface area contributed by atoms with Gasteiger partial charge in [0.25, 0.3) is 5.91 Å². The molecule has 0 saturated heterocycles. The summed E-state index contributed by atoms with van der Waals surface area (Å²) in [6, 6.07) is 0. The second-order valence-corrected chi connectivity index (χ2v) is 10.4. The van der Waals surface area contributed by atoms with E-state index in [2.05, 4.69) is 15.4 Å². The van der Waals surface area contributed by atoms with E-state index in [1.165, 1.54) is 30.2 Å². The van der Waals surface area contributed by atoms with E-state index in [0.717, 1.165) is 53.8 Å². The highest BCUT2D eigenvalue weighted by molar-refractivity contribution is 8.14. The first-order valence-electron chi connectivity index (χ1n) is 11.6. The lowest BCUT2D eigenvalue weighted by molar-refractivity contribution is -0.122. The molecule has 2 aromatic heterocycles. The zero-order valence-corrected chi connectivity index (χ0v) is 22.0. The molecule has 0 spiro atoms. The van der Waals surface area contributed by atoms with Gasteiger partial charge in [0.15, 0.2) is 5.17 Å². The Hall–Kier alpha value is -2.92. The van der Waals surface area contributed by atoms with Crippen LogP contribution in [0, 0.1) is 6.92 Å². The number of esters is 1. The molecule has 1 N–H and O–H groups in total. The standard InChI is InChI=1S/C24H29N5O4S2/c1-5-29-22(31)17(11-15-12-25-28(3)14(15)2)26-24(29)34-13-19(30)27-21-20(23(32)33-4)16-9-7-6-8-10-18(16)35-21/h11-12H,5-10,13H2,1-4H3,(H,27,30). The van der Waals surface area contributed by atoms with Crippen LogP contribution < -0.4 is 5.32 Å². The fourth-order valence-corrected chi connectivity index (χ4v) is 6.32. The maximum Gasteiger partial charge on any atom is 0.341 e. The van der Waals surface area contributed by atoms with E-state index >= 15 is 0 Å². The monoisotopic (exact) mass is 515 g/mol. The predicted molar refractivity (Wildman–Crippen MR) is 139 cm³/mol. The number of anilines is 1.